The summed E-state index contributed by atoms with van der Waals surface area (Å²) in [7, 11) is 0. The van der Waals surface area contributed by atoms with Gasteiger partial charge in [0.05, 0.1) is 12.0 Å². The molecule has 0 bridgehead atoms. The molecule has 0 saturated heterocycles. The van der Waals surface area contributed by atoms with Crippen LogP contribution in [0.25, 0.3) is 11.8 Å². The average molecular weight is 266 g/mol. The van der Waals surface area contributed by atoms with Crippen LogP contribution in [0.3, 0.4) is 0 Å². The minimum absolute atomic E-state index is 0.0214. The number of hydrazine groups is 1. The molecule has 0 unspecified atom stereocenters. The van der Waals surface area contributed by atoms with Crippen molar-refractivity contribution in [3.05, 3.63) is 66.4 Å². The monoisotopic (exact) mass is 266 g/mol. The largest absolute Gasteiger partial charge is 0.306 e. The number of allylic oxidation sites excluding steroid dienone is 1. The maximum atomic E-state index is 11.0. The molecule has 2 N–H and O–H groups in total. The van der Waals surface area contributed by atoms with Crippen LogP contribution in [0.1, 0.15) is 12.0 Å². The molecule has 0 spiro atoms. The topological polar surface area (TPSA) is 59.0 Å². The minimum Gasteiger partial charge on any atom is -0.306 e. The van der Waals surface area contributed by atoms with Gasteiger partial charge < -0.3 is 4.57 Å². The van der Waals surface area contributed by atoms with Crippen molar-refractivity contribution in [1.29, 1.82) is 0 Å². The van der Waals surface area contributed by atoms with Crippen molar-refractivity contribution in [2.75, 3.05) is 0 Å². The van der Waals surface area contributed by atoms with E-state index in [9.17, 15) is 4.79 Å². The number of benzene rings is 1. The summed E-state index contributed by atoms with van der Waals surface area (Å²) in [6.45, 7) is 0. The predicted molar refractivity (Wildman–Crippen MR) is 76.6 cm³/mol. The van der Waals surface area contributed by atoms with Gasteiger partial charge in [0, 0.05) is 24.5 Å². The maximum Gasteiger partial charge on any atom is 0.242 e. The van der Waals surface area contributed by atoms with Crippen LogP contribution in [-0.4, -0.2) is 15.5 Å². The van der Waals surface area contributed by atoms with E-state index >= 15 is 0 Å². The Morgan fingerprint density at radius 1 is 1.15 bits per heavy atom. The third kappa shape index (κ3) is 2.77. The van der Waals surface area contributed by atoms with Gasteiger partial charge in [0.15, 0.2) is 0 Å². The fraction of sp³-hybridized carbons (Fsp3) is 0.0667. The van der Waals surface area contributed by atoms with Crippen molar-refractivity contribution in [1.82, 2.24) is 20.4 Å². The molecule has 0 fully saturated rings. The second kappa shape index (κ2) is 5.44. The van der Waals surface area contributed by atoms with E-state index in [2.05, 4.69) is 15.8 Å². The van der Waals surface area contributed by atoms with Crippen molar-refractivity contribution < 1.29 is 4.79 Å². The van der Waals surface area contributed by atoms with Gasteiger partial charge in [-0.05, 0) is 23.8 Å². The van der Waals surface area contributed by atoms with Crippen LogP contribution in [0.5, 0.6) is 0 Å². The number of carbonyl (C=O) groups is 1. The van der Waals surface area contributed by atoms with Gasteiger partial charge in [-0.3, -0.25) is 15.6 Å². The summed E-state index contributed by atoms with van der Waals surface area (Å²) < 4.78 is 1.95. The van der Waals surface area contributed by atoms with E-state index < -0.39 is 0 Å². The minimum atomic E-state index is -0.0214. The van der Waals surface area contributed by atoms with Crippen molar-refractivity contribution in [3.63, 3.8) is 0 Å². The second-order valence-corrected chi connectivity index (χ2v) is 4.43. The number of nitrogens with zero attached hydrogens (tertiary/aromatic N) is 2. The summed E-state index contributed by atoms with van der Waals surface area (Å²) in [6.07, 6.45) is 11.6. The van der Waals surface area contributed by atoms with E-state index in [0.29, 0.717) is 6.42 Å². The van der Waals surface area contributed by atoms with E-state index in [0.717, 1.165) is 16.9 Å². The van der Waals surface area contributed by atoms with Crippen LogP contribution in [-0.2, 0) is 4.79 Å². The van der Waals surface area contributed by atoms with Gasteiger partial charge in [0.2, 0.25) is 5.91 Å². The lowest BCUT2D eigenvalue weighted by Gasteiger charge is -2.13. The first-order valence-corrected chi connectivity index (χ1v) is 6.33. The summed E-state index contributed by atoms with van der Waals surface area (Å²) in [6, 6.07) is 8.14. The van der Waals surface area contributed by atoms with E-state index in [1.165, 1.54) is 0 Å². The highest BCUT2D eigenvalue weighted by Crippen LogP contribution is 2.11. The second-order valence-electron chi connectivity index (χ2n) is 4.43. The fourth-order valence-electron chi connectivity index (χ4n) is 1.91. The standard InChI is InChI=1S/C15H14N4O/c20-15-8-5-13(17-18-15)4-1-12-2-6-14(7-3-12)19-10-9-16-11-19/h1-7,9-11,17H,8H2,(H,18,20). The molecule has 0 radical (unpaired) electrons. The molecular weight excluding hydrogens is 252 g/mol. The van der Waals surface area contributed by atoms with Gasteiger partial charge in [-0.25, -0.2) is 4.98 Å². The highest BCUT2D eigenvalue weighted by Gasteiger charge is 2.04. The van der Waals surface area contributed by atoms with E-state index in [-0.39, 0.29) is 5.91 Å². The normalized spacial score (nSPS) is 14.8. The molecule has 1 aliphatic rings. The Morgan fingerprint density at radius 2 is 2.00 bits per heavy atom. The van der Waals surface area contributed by atoms with Crippen molar-refractivity contribution in [2.45, 2.75) is 6.42 Å². The van der Waals surface area contributed by atoms with Crippen LogP contribution in [0, 0.1) is 0 Å². The number of rotatable bonds is 3. The molecule has 5 heteroatoms. The van der Waals surface area contributed by atoms with Gasteiger partial charge in [-0.15, -0.1) is 0 Å². The molecule has 1 aliphatic heterocycles. The zero-order chi connectivity index (χ0) is 13.8. The number of nitrogens with one attached hydrogen (secondary N) is 2. The Labute approximate surface area is 116 Å². The highest BCUT2D eigenvalue weighted by molar-refractivity contribution is 5.78. The number of hydrogen-bond acceptors (Lipinski definition) is 3. The third-order valence-corrected chi connectivity index (χ3v) is 3.00. The molecule has 1 aromatic heterocycles. The lowest BCUT2D eigenvalue weighted by Crippen LogP contribution is -2.39. The molecule has 20 heavy (non-hydrogen) atoms. The quantitative estimate of drug-likeness (QED) is 0.890. The predicted octanol–water partition coefficient (Wildman–Crippen LogP) is 1.79. The fourth-order valence-corrected chi connectivity index (χ4v) is 1.91. The average Bonchev–Trinajstić information content (AvgIpc) is 3.01. The molecule has 1 aromatic carbocycles. The molecule has 5 nitrogen and oxygen atoms in total. The van der Waals surface area contributed by atoms with Crippen LogP contribution in [0.4, 0.5) is 0 Å². The van der Waals surface area contributed by atoms with Gasteiger partial charge in [0.1, 0.15) is 0 Å². The molecular formula is C15H14N4O. The molecule has 0 saturated carbocycles. The number of hydrogen-bond donors (Lipinski definition) is 2. The number of carbonyl (C=O) groups excluding carboxylic acids is 1. The van der Waals surface area contributed by atoms with Gasteiger partial charge in [-0.2, -0.15) is 0 Å². The zero-order valence-electron chi connectivity index (χ0n) is 10.8. The number of amides is 1. The lowest BCUT2D eigenvalue weighted by molar-refractivity contribution is -0.121. The summed E-state index contributed by atoms with van der Waals surface area (Å²) in [5.74, 6) is -0.0214. The molecule has 0 atom stereocenters. The third-order valence-electron chi connectivity index (χ3n) is 3.00. The zero-order valence-corrected chi connectivity index (χ0v) is 10.8. The van der Waals surface area contributed by atoms with Gasteiger partial charge >= 0.3 is 0 Å². The van der Waals surface area contributed by atoms with Crippen molar-refractivity contribution in [2.24, 2.45) is 0 Å². The SMILES string of the molecule is O=C1CC=C(C=Cc2ccc(-n3ccnc3)cc2)NN1. The lowest BCUT2D eigenvalue weighted by atomic mass is 10.1. The first kappa shape index (κ1) is 12.2. The van der Waals surface area contributed by atoms with E-state index in [1.54, 1.807) is 12.5 Å². The summed E-state index contributed by atoms with van der Waals surface area (Å²) in [5, 5.41) is 0. The summed E-state index contributed by atoms with van der Waals surface area (Å²) in [5.41, 5.74) is 8.47. The number of imidazole rings is 1. The maximum absolute atomic E-state index is 11.0. The Balaban J connectivity index is 1.71. The molecule has 2 aromatic rings. The smallest absolute Gasteiger partial charge is 0.242 e. The van der Waals surface area contributed by atoms with Crippen LogP contribution in [0.15, 0.2) is 60.8 Å². The van der Waals surface area contributed by atoms with Gasteiger partial charge in [0.25, 0.3) is 0 Å². The van der Waals surface area contributed by atoms with Crippen molar-refractivity contribution >= 4 is 12.0 Å². The highest BCUT2D eigenvalue weighted by atomic mass is 16.2. The van der Waals surface area contributed by atoms with Crippen LogP contribution in [0.2, 0.25) is 0 Å². The molecule has 1 amide bonds. The molecule has 100 valence electrons. The van der Waals surface area contributed by atoms with Gasteiger partial charge in [-0.1, -0.05) is 24.3 Å². The summed E-state index contributed by atoms with van der Waals surface area (Å²) in [4.78, 5) is 15.0. The number of aromatic nitrogens is 2. The van der Waals surface area contributed by atoms with Crippen LogP contribution >= 0.6 is 0 Å². The summed E-state index contributed by atoms with van der Waals surface area (Å²) >= 11 is 0. The Kier molecular flexibility index (Phi) is 3.33. The molecule has 2 heterocycles. The van der Waals surface area contributed by atoms with Crippen molar-refractivity contribution in [3.8, 4) is 5.69 Å². The molecule has 0 aliphatic carbocycles. The first-order valence-electron chi connectivity index (χ1n) is 6.33. The Hall–Kier alpha value is -2.82. The first-order chi connectivity index (χ1) is 9.81. The Morgan fingerprint density at radius 3 is 2.65 bits per heavy atom. The van der Waals surface area contributed by atoms with E-state index in [4.69, 9.17) is 0 Å². The van der Waals surface area contributed by atoms with E-state index in [1.807, 2.05) is 53.3 Å². The molecule has 3 rings (SSSR count). The van der Waals surface area contributed by atoms with Crippen LogP contribution < -0.4 is 10.9 Å². The Bertz CT molecular complexity index is 654.